The third-order valence-electron chi connectivity index (χ3n) is 4.81. The van der Waals surface area contributed by atoms with Crippen molar-refractivity contribution in [1.29, 1.82) is 5.26 Å². The van der Waals surface area contributed by atoms with Gasteiger partial charge in [-0.15, -0.1) is 10.2 Å². The lowest BCUT2D eigenvalue weighted by Crippen LogP contribution is -2.41. The largest absolute Gasteiger partial charge is 0.419 e. The average molecular weight is 377 g/mol. The fourth-order valence-electron chi connectivity index (χ4n) is 3.45. The number of fused-ring (bicyclic) bond motifs is 1. The van der Waals surface area contributed by atoms with Gasteiger partial charge in [-0.05, 0) is 48.9 Å². The number of hydrogen-bond acceptors (Lipinski definition) is 6. The van der Waals surface area contributed by atoms with Gasteiger partial charge in [0.05, 0.1) is 29.6 Å². The van der Waals surface area contributed by atoms with Crippen molar-refractivity contribution < 1.29 is 8.81 Å². The van der Waals surface area contributed by atoms with Crippen LogP contribution in [0.15, 0.2) is 46.9 Å². The molecule has 2 heterocycles. The van der Waals surface area contributed by atoms with Gasteiger partial charge >= 0.3 is 0 Å². The van der Waals surface area contributed by atoms with E-state index in [-0.39, 0.29) is 5.82 Å². The van der Waals surface area contributed by atoms with Crippen LogP contribution in [0.4, 0.5) is 15.8 Å². The zero-order valence-corrected chi connectivity index (χ0v) is 15.6. The molecule has 3 aromatic rings. The molecule has 0 unspecified atom stereocenters. The van der Waals surface area contributed by atoms with E-state index in [9.17, 15) is 4.39 Å². The summed E-state index contributed by atoms with van der Waals surface area (Å²) in [6.07, 6.45) is 1.04. The Labute approximate surface area is 162 Å². The van der Waals surface area contributed by atoms with Crippen LogP contribution >= 0.6 is 0 Å². The predicted octanol–water partition coefficient (Wildman–Crippen LogP) is 3.98. The Morgan fingerprint density at radius 2 is 1.86 bits per heavy atom. The van der Waals surface area contributed by atoms with E-state index in [2.05, 4.69) is 33.0 Å². The van der Waals surface area contributed by atoms with Crippen LogP contribution in [0.1, 0.15) is 24.8 Å². The highest BCUT2D eigenvalue weighted by Crippen LogP contribution is 2.34. The quantitative estimate of drug-likeness (QED) is 0.670. The van der Waals surface area contributed by atoms with Crippen LogP contribution < -0.4 is 9.80 Å². The summed E-state index contributed by atoms with van der Waals surface area (Å²) < 4.78 is 19.7. The molecule has 0 saturated carbocycles. The summed E-state index contributed by atoms with van der Waals surface area (Å²) in [5, 5.41) is 17.2. The highest BCUT2D eigenvalue weighted by atomic mass is 19.1. The summed E-state index contributed by atoms with van der Waals surface area (Å²) in [7, 11) is 0. The lowest BCUT2D eigenvalue weighted by Gasteiger charge is -2.38. The molecule has 1 aliphatic heterocycles. The summed E-state index contributed by atoms with van der Waals surface area (Å²) in [5.41, 5.74) is 3.21. The second-order valence-electron chi connectivity index (χ2n) is 6.73. The van der Waals surface area contributed by atoms with E-state index in [0.717, 1.165) is 43.0 Å². The van der Waals surface area contributed by atoms with E-state index in [1.54, 1.807) is 30.3 Å². The molecule has 7 heteroatoms. The molecule has 142 valence electrons. The maximum Gasteiger partial charge on any atom is 0.247 e. The van der Waals surface area contributed by atoms with Gasteiger partial charge in [0.15, 0.2) is 0 Å². The summed E-state index contributed by atoms with van der Waals surface area (Å²) in [4.78, 5) is 4.35. The number of rotatable bonds is 5. The second-order valence-corrected chi connectivity index (χ2v) is 6.73. The molecule has 0 aliphatic carbocycles. The Kier molecular flexibility index (Phi) is 4.94. The predicted molar refractivity (Wildman–Crippen MR) is 104 cm³/mol. The van der Waals surface area contributed by atoms with Crippen LogP contribution in [0.5, 0.6) is 0 Å². The fourth-order valence-corrected chi connectivity index (χ4v) is 3.45. The Morgan fingerprint density at radius 3 is 2.61 bits per heavy atom. The van der Waals surface area contributed by atoms with Gasteiger partial charge in [0, 0.05) is 25.2 Å². The summed E-state index contributed by atoms with van der Waals surface area (Å²) in [6.45, 7) is 5.11. The third kappa shape index (κ3) is 3.54. The molecule has 0 bridgehead atoms. The van der Waals surface area contributed by atoms with E-state index in [0.29, 0.717) is 23.9 Å². The molecule has 0 saturated heterocycles. The molecule has 6 nitrogen and oxygen atoms in total. The summed E-state index contributed by atoms with van der Waals surface area (Å²) in [5.74, 6) is 0.619. The van der Waals surface area contributed by atoms with Gasteiger partial charge in [-0.3, -0.25) is 0 Å². The fraction of sp³-hybridized carbons (Fsp3) is 0.286. The lowest BCUT2D eigenvalue weighted by molar-refractivity contribution is 0.494. The van der Waals surface area contributed by atoms with Gasteiger partial charge in [0.2, 0.25) is 11.8 Å². The Hall–Kier alpha value is -3.40. The van der Waals surface area contributed by atoms with E-state index in [1.165, 1.54) is 6.07 Å². The third-order valence-corrected chi connectivity index (χ3v) is 4.81. The van der Waals surface area contributed by atoms with Gasteiger partial charge in [0.25, 0.3) is 0 Å². The summed E-state index contributed by atoms with van der Waals surface area (Å²) in [6, 6.07) is 14.0. The van der Waals surface area contributed by atoms with Gasteiger partial charge in [0.1, 0.15) is 5.82 Å². The number of aromatic nitrogens is 2. The molecule has 0 radical (unpaired) electrons. The van der Waals surface area contributed by atoms with Gasteiger partial charge in [-0.25, -0.2) is 4.39 Å². The van der Waals surface area contributed by atoms with Gasteiger partial charge in [-0.2, -0.15) is 5.26 Å². The molecule has 2 aromatic carbocycles. The molecular weight excluding hydrogens is 357 g/mol. The summed E-state index contributed by atoms with van der Waals surface area (Å²) >= 11 is 0. The van der Waals surface area contributed by atoms with E-state index >= 15 is 0 Å². The van der Waals surface area contributed by atoms with Crippen molar-refractivity contribution in [3.05, 3.63) is 59.7 Å². The van der Waals surface area contributed by atoms with Crippen molar-refractivity contribution in [3.8, 4) is 17.5 Å². The topological polar surface area (TPSA) is 69.2 Å². The Morgan fingerprint density at radius 1 is 1.07 bits per heavy atom. The number of nitriles is 1. The monoisotopic (exact) mass is 377 g/mol. The van der Waals surface area contributed by atoms with Crippen LogP contribution in [0, 0.1) is 17.1 Å². The van der Waals surface area contributed by atoms with Crippen LogP contribution in [0.2, 0.25) is 0 Å². The molecule has 4 rings (SSSR count). The maximum absolute atomic E-state index is 13.9. The minimum absolute atomic E-state index is 0.258. The van der Waals surface area contributed by atoms with E-state index in [1.807, 2.05) is 6.07 Å². The smallest absolute Gasteiger partial charge is 0.247 e. The van der Waals surface area contributed by atoms with Crippen molar-refractivity contribution in [3.63, 3.8) is 0 Å². The van der Waals surface area contributed by atoms with Crippen LogP contribution in [-0.2, 0) is 6.54 Å². The molecule has 1 aromatic heterocycles. The number of hydrogen-bond donors (Lipinski definition) is 0. The SMILES string of the molecule is CCCN1CCN(Cc2nnc(-c3ccc(C#N)cc3)o2)c2cc(F)ccc21. The first-order valence-corrected chi connectivity index (χ1v) is 9.30. The standard InChI is InChI=1S/C21H20FN5O/c1-2-9-26-10-11-27(19-12-17(22)7-8-18(19)26)14-20-24-25-21(28-20)16-5-3-15(13-23)4-6-16/h3-8,12H,2,9-11,14H2,1H3. The Bertz CT molecular complexity index is 1010. The molecule has 28 heavy (non-hydrogen) atoms. The first-order valence-electron chi connectivity index (χ1n) is 9.30. The molecule has 0 atom stereocenters. The number of benzene rings is 2. The minimum atomic E-state index is -0.258. The average Bonchev–Trinajstić information content (AvgIpc) is 3.18. The number of nitrogens with zero attached hydrogens (tertiary/aromatic N) is 5. The normalized spacial score (nSPS) is 13.3. The van der Waals surface area contributed by atoms with Crippen molar-refractivity contribution in [2.24, 2.45) is 0 Å². The lowest BCUT2D eigenvalue weighted by atomic mass is 10.1. The zero-order chi connectivity index (χ0) is 19.5. The van der Waals surface area contributed by atoms with Crippen LogP contribution in [-0.4, -0.2) is 29.8 Å². The molecule has 0 fully saturated rings. The second kappa shape index (κ2) is 7.69. The van der Waals surface area contributed by atoms with Gasteiger partial charge in [-0.1, -0.05) is 6.92 Å². The number of anilines is 2. The van der Waals surface area contributed by atoms with Crippen LogP contribution in [0.25, 0.3) is 11.5 Å². The van der Waals surface area contributed by atoms with Crippen molar-refractivity contribution in [2.45, 2.75) is 19.9 Å². The first-order chi connectivity index (χ1) is 13.7. The molecule has 0 spiro atoms. The molecule has 0 amide bonds. The zero-order valence-electron chi connectivity index (χ0n) is 15.6. The van der Waals surface area contributed by atoms with E-state index in [4.69, 9.17) is 9.68 Å². The van der Waals surface area contributed by atoms with Crippen molar-refractivity contribution >= 4 is 11.4 Å². The van der Waals surface area contributed by atoms with Crippen LogP contribution in [0.3, 0.4) is 0 Å². The molecule has 0 N–H and O–H groups in total. The maximum atomic E-state index is 13.9. The Balaban J connectivity index is 1.56. The first kappa shape index (κ1) is 18.0. The van der Waals surface area contributed by atoms with Crippen molar-refractivity contribution in [2.75, 3.05) is 29.4 Å². The van der Waals surface area contributed by atoms with Crippen molar-refractivity contribution in [1.82, 2.24) is 10.2 Å². The van der Waals surface area contributed by atoms with Gasteiger partial charge < -0.3 is 14.2 Å². The molecular formula is C21H20FN5O. The minimum Gasteiger partial charge on any atom is -0.419 e. The number of halogens is 1. The molecule has 1 aliphatic rings. The highest BCUT2D eigenvalue weighted by molar-refractivity contribution is 5.73. The van der Waals surface area contributed by atoms with E-state index < -0.39 is 0 Å². The highest BCUT2D eigenvalue weighted by Gasteiger charge is 2.24.